The molecule has 0 aliphatic carbocycles. The van der Waals surface area contributed by atoms with Crippen LogP contribution in [0.15, 0.2) is 48.5 Å². The average molecular weight is 411 g/mol. The Morgan fingerprint density at radius 1 is 1.07 bits per heavy atom. The summed E-state index contributed by atoms with van der Waals surface area (Å²) >= 11 is 0. The molecule has 6 heteroatoms. The van der Waals surface area contributed by atoms with Gasteiger partial charge in [-0.2, -0.15) is 0 Å². The molecule has 2 aromatic carbocycles. The molecule has 2 heterocycles. The number of hydrogen-bond donors (Lipinski definition) is 0. The molecular weight excluding hydrogens is 380 g/mol. The first-order valence-corrected chi connectivity index (χ1v) is 10.7. The van der Waals surface area contributed by atoms with E-state index < -0.39 is 0 Å². The lowest BCUT2D eigenvalue weighted by Crippen LogP contribution is -2.36. The molecule has 2 saturated heterocycles. The molecule has 2 aliphatic heterocycles. The van der Waals surface area contributed by atoms with Crippen LogP contribution in [0.2, 0.25) is 0 Å². The van der Waals surface area contributed by atoms with Crippen molar-refractivity contribution in [3.05, 3.63) is 59.7 Å². The van der Waals surface area contributed by atoms with Crippen LogP contribution >= 0.6 is 0 Å². The van der Waals surface area contributed by atoms with Crippen molar-refractivity contribution in [2.45, 2.75) is 25.5 Å². The summed E-state index contributed by atoms with van der Waals surface area (Å²) in [5, 5.41) is 0. The first-order chi connectivity index (χ1) is 14.7. The van der Waals surface area contributed by atoms with Crippen molar-refractivity contribution in [3.63, 3.8) is 0 Å². The van der Waals surface area contributed by atoms with Gasteiger partial charge in [0.15, 0.2) is 0 Å². The molecule has 1 unspecified atom stereocenters. The van der Waals surface area contributed by atoms with Crippen molar-refractivity contribution in [1.82, 2.24) is 4.90 Å². The van der Waals surface area contributed by atoms with Crippen molar-refractivity contribution in [3.8, 4) is 5.75 Å². The highest BCUT2D eigenvalue weighted by Gasteiger charge is 2.17. The lowest BCUT2D eigenvalue weighted by molar-refractivity contribution is 0.0679. The molecule has 160 valence electrons. The maximum Gasteiger partial charge on any atom is 0.253 e. The predicted octanol–water partition coefficient (Wildman–Crippen LogP) is 3.35. The molecule has 1 atom stereocenters. The molecule has 2 aromatic rings. The van der Waals surface area contributed by atoms with E-state index in [1.54, 1.807) is 4.90 Å². The summed E-state index contributed by atoms with van der Waals surface area (Å²) < 4.78 is 16.8. The highest BCUT2D eigenvalue weighted by Crippen LogP contribution is 2.19. The summed E-state index contributed by atoms with van der Waals surface area (Å²) in [6, 6.07) is 15.8. The van der Waals surface area contributed by atoms with Crippen LogP contribution in [0.5, 0.6) is 5.75 Å². The third kappa shape index (κ3) is 5.32. The molecule has 1 amide bonds. The van der Waals surface area contributed by atoms with E-state index in [1.165, 1.54) is 5.69 Å². The molecular formula is C24H30N2O4. The zero-order valence-corrected chi connectivity index (χ0v) is 17.6. The quantitative estimate of drug-likeness (QED) is 0.701. The van der Waals surface area contributed by atoms with Crippen molar-refractivity contribution in [2.75, 3.05) is 51.5 Å². The Labute approximate surface area is 178 Å². The SMILES string of the molecule is CN(Cc1ccc(N2CCOCC2)cc1)C(=O)c1ccc(OCC2CCCO2)cc1. The van der Waals surface area contributed by atoms with Gasteiger partial charge in [-0.1, -0.05) is 12.1 Å². The normalized spacial score (nSPS) is 19.0. The Kier molecular flexibility index (Phi) is 6.87. The fourth-order valence-electron chi connectivity index (χ4n) is 3.86. The number of nitrogens with zero attached hydrogens (tertiary/aromatic N) is 2. The second-order valence-electron chi connectivity index (χ2n) is 7.90. The molecule has 0 bridgehead atoms. The van der Waals surface area contributed by atoms with Crippen LogP contribution in [0.25, 0.3) is 0 Å². The van der Waals surface area contributed by atoms with Crippen LogP contribution in [0.1, 0.15) is 28.8 Å². The Balaban J connectivity index is 1.29. The summed E-state index contributed by atoms with van der Waals surface area (Å²) in [4.78, 5) is 16.9. The number of rotatable bonds is 7. The van der Waals surface area contributed by atoms with Gasteiger partial charge in [0.25, 0.3) is 5.91 Å². The first-order valence-electron chi connectivity index (χ1n) is 10.7. The van der Waals surface area contributed by atoms with E-state index in [2.05, 4.69) is 29.2 Å². The van der Waals surface area contributed by atoms with E-state index >= 15 is 0 Å². The maximum atomic E-state index is 12.8. The van der Waals surface area contributed by atoms with Crippen LogP contribution in [-0.4, -0.2) is 63.5 Å². The topological polar surface area (TPSA) is 51.2 Å². The highest BCUT2D eigenvalue weighted by atomic mass is 16.5. The van der Waals surface area contributed by atoms with Gasteiger partial charge in [-0.25, -0.2) is 0 Å². The van der Waals surface area contributed by atoms with Gasteiger partial charge in [0.2, 0.25) is 0 Å². The molecule has 6 nitrogen and oxygen atoms in total. The minimum absolute atomic E-state index is 0.00191. The van der Waals surface area contributed by atoms with Crippen molar-refractivity contribution in [2.24, 2.45) is 0 Å². The zero-order valence-electron chi connectivity index (χ0n) is 17.6. The molecule has 30 heavy (non-hydrogen) atoms. The Bertz CT molecular complexity index is 810. The van der Waals surface area contributed by atoms with E-state index in [1.807, 2.05) is 31.3 Å². The Hall–Kier alpha value is -2.57. The number of carbonyl (C=O) groups is 1. The van der Waals surface area contributed by atoms with E-state index in [0.717, 1.165) is 57.1 Å². The number of carbonyl (C=O) groups excluding carboxylic acids is 1. The number of benzene rings is 2. The monoisotopic (exact) mass is 410 g/mol. The van der Waals surface area contributed by atoms with Crippen LogP contribution in [0, 0.1) is 0 Å². The van der Waals surface area contributed by atoms with Gasteiger partial charge in [-0.15, -0.1) is 0 Å². The van der Waals surface area contributed by atoms with Crippen molar-refractivity contribution < 1.29 is 19.0 Å². The summed E-state index contributed by atoms with van der Waals surface area (Å²) in [7, 11) is 1.83. The lowest BCUT2D eigenvalue weighted by atomic mass is 10.1. The van der Waals surface area contributed by atoms with Gasteiger partial charge >= 0.3 is 0 Å². The molecule has 4 rings (SSSR count). The molecule has 0 spiro atoms. The third-order valence-electron chi connectivity index (χ3n) is 5.64. The van der Waals surface area contributed by atoms with Crippen LogP contribution in [0.3, 0.4) is 0 Å². The van der Waals surface area contributed by atoms with E-state index in [-0.39, 0.29) is 12.0 Å². The molecule has 0 radical (unpaired) electrons. The smallest absolute Gasteiger partial charge is 0.253 e. The molecule has 0 aromatic heterocycles. The maximum absolute atomic E-state index is 12.8. The van der Waals surface area contributed by atoms with Gasteiger partial charge in [0.05, 0.1) is 19.3 Å². The second kappa shape index (κ2) is 9.96. The van der Waals surface area contributed by atoms with Crippen LogP contribution < -0.4 is 9.64 Å². The number of amides is 1. The minimum Gasteiger partial charge on any atom is -0.491 e. The summed E-state index contributed by atoms with van der Waals surface area (Å²) in [5.41, 5.74) is 2.97. The molecule has 0 N–H and O–H groups in total. The van der Waals surface area contributed by atoms with Crippen molar-refractivity contribution in [1.29, 1.82) is 0 Å². The fourth-order valence-corrected chi connectivity index (χ4v) is 3.86. The number of morpholine rings is 1. The molecule has 2 fully saturated rings. The third-order valence-corrected chi connectivity index (χ3v) is 5.64. The summed E-state index contributed by atoms with van der Waals surface area (Å²) in [5.74, 6) is 0.765. The minimum atomic E-state index is -0.00191. The Morgan fingerprint density at radius 3 is 2.47 bits per heavy atom. The van der Waals surface area contributed by atoms with Gasteiger partial charge < -0.3 is 24.0 Å². The Morgan fingerprint density at radius 2 is 1.80 bits per heavy atom. The number of anilines is 1. The van der Waals surface area contributed by atoms with Gasteiger partial charge in [-0.3, -0.25) is 4.79 Å². The average Bonchev–Trinajstić information content (AvgIpc) is 3.32. The lowest BCUT2D eigenvalue weighted by Gasteiger charge is -2.29. The highest BCUT2D eigenvalue weighted by molar-refractivity contribution is 5.94. The fraction of sp³-hybridized carbons (Fsp3) is 0.458. The first kappa shape index (κ1) is 20.7. The van der Waals surface area contributed by atoms with Gasteiger partial charge in [0, 0.05) is 44.5 Å². The zero-order chi connectivity index (χ0) is 20.8. The van der Waals surface area contributed by atoms with Crippen LogP contribution in [0.4, 0.5) is 5.69 Å². The predicted molar refractivity (Wildman–Crippen MR) is 116 cm³/mol. The molecule has 0 saturated carbocycles. The van der Waals surface area contributed by atoms with E-state index in [0.29, 0.717) is 18.7 Å². The van der Waals surface area contributed by atoms with Crippen molar-refractivity contribution >= 4 is 11.6 Å². The largest absolute Gasteiger partial charge is 0.491 e. The number of hydrogen-bond acceptors (Lipinski definition) is 5. The van der Waals surface area contributed by atoms with Gasteiger partial charge in [0.1, 0.15) is 12.4 Å². The summed E-state index contributed by atoms with van der Waals surface area (Å²) in [6.07, 6.45) is 2.34. The number of ether oxygens (including phenoxy) is 3. The molecule has 2 aliphatic rings. The van der Waals surface area contributed by atoms with E-state index in [9.17, 15) is 4.79 Å². The van der Waals surface area contributed by atoms with Crippen LogP contribution in [-0.2, 0) is 16.0 Å². The standard InChI is InChI=1S/C24H30N2O4/c1-25(17-19-4-8-21(9-5-19)26-12-15-28-16-13-26)24(27)20-6-10-22(11-7-20)30-18-23-3-2-14-29-23/h4-11,23H,2-3,12-18H2,1H3. The summed E-state index contributed by atoms with van der Waals surface area (Å²) in [6.45, 7) is 5.35. The van der Waals surface area contributed by atoms with E-state index in [4.69, 9.17) is 14.2 Å². The van der Waals surface area contributed by atoms with Gasteiger partial charge in [-0.05, 0) is 54.8 Å². The second-order valence-corrected chi connectivity index (χ2v) is 7.90.